The van der Waals surface area contributed by atoms with Crippen molar-refractivity contribution in [3.05, 3.63) is 0 Å². The standard InChI is InChI=1S/C11H24N2O2S/c1-3-11(6-7-11)10-13-16(14,15)9-5-8-12-4-2/h12-13H,3-10H2,1-2H3. The average Bonchev–Trinajstić information content (AvgIpc) is 3.03. The van der Waals surface area contributed by atoms with Gasteiger partial charge in [-0.25, -0.2) is 13.1 Å². The molecule has 1 rings (SSSR count). The normalized spacial score (nSPS) is 18.6. The van der Waals surface area contributed by atoms with Crippen molar-refractivity contribution in [1.82, 2.24) is 10.0 Å². The monoisotopic (exact) mass is 248 g/mol. The minimum absolute atomic E-state index is 0.236. The van der Waals surface area contributed by atoms with Crippen LogP contribution < -0.4 is 10.0 Å². The summed E-state index contributed by atoms with van der Waals surface area (Å²) in [6, 6.07) is 0. The van der Waals surface area contributed by atoms with E-state index in [1.165, 1.54) is 12.8 Å². The van der Waals surface area contributed by atoms with Crippen LogP contribution in [0.5, 0.6) is 0 Å². The maximum Gasteiger partial charge on any atom is 0.211 e. The van der Waals surface area contributed by atoms with Crippen molar-refractivity contribution >= 4 is 10.0 Å². The number of hydrogen-bond acceptors (Lipinski definition) is 3. The first-order chi connectivity index (χ1) is 7.54. The summed E-state index contributed by atoms with van der Waals surface area (Å²) in [7, 11) is -3.06. The van der Waals surface area contributed by atoms with Crippen LogP contribution in [0.1, 0.15) is 39.5 Å². The fourth-order valence-electron chi connectivity index (χ4n) is 1.73. The Morgan fingerprint density at radius 1 is 1.25 bits per heavy atom. The molecule has 4 nitrogen and oxygen atoms in total. The van der Waals surface area contributed by atoms with Crippen LogP contribution in [0.4, 0.5) is 0 Å². The molecule has 0 aromatic rings. The lowest BCUT2D eigenvalue weighted by molar-refractivity contribution is 0.475. The molecule has 1 saturated carbocycles. The molecular weight excluding hydrogens is 224 g/mol. The summed E-state index contributed by atoms with van der Waals surface area (Å²) in [4.78, 5) is 0. The van der Waals surface area contributed by atoms with Gasteiger partial charge in [0.2, 0.25) is 10.0 Å². The molecule has 2 N–H and O–H groups in total. The van der Waals surface area contributed by atoms with E-state index in [2.05, 4.69) is 17.0 Å². The Kier molecular flexibility index (Phi) is 5.21. The SMILES string of the molecule is CCNCCCS(=O)(=O)NCC1(CC)CC1. The van der Waals surface area contributed by atoms with Crippen molar-refractivity contribution in [2.24, 2.45) is 5.41 Å². The average molecular weight is 248 g/mol. The summed E-state index contributed by atoms with van der Waals surface area (Å²) in [5.74, 6) is 0.236. The minimum atomic E-state index is -3.06. The van der Waals surface area contributed by atoms with Gasteiger partial charge in [-0.05, 0) is 44.2 Å². The summed E-state index contributed by atoms with van der Waals surface area (Å²) in [5, 5.41) is 3.12. The first-order valence-electron chi connectivity index (χ1n) is 6.22. The van der Waals surface area contributed by atoms with Crippen molar-refractivity contribution in [3.8, 4) is 0 Å². The zero-order valence-electron chi connectivity index (χ0n) is 10.4. The molecule has 0 atom stereocenters. The fraction of sp³-hybridized carbons (Fsp3) is 1.00. The van der Waals surface area contributed by atoms with E-state index in [1.807, 2.05) is 6.92 Å². The quantitative estimate of drug-likeness (QED) is 0.601. The Morgan fingerprint density at radius 3 is 2.44 bits per heavy atom. The van der Waals surface area contributed by atoms with Gasteiger partial charge in [0, 0.05) is 6.54 Å². The van der Waals surface area contributed by atoms with Crippen LogP contribution in [0.15, 0.2) is 0 Å². The first-order valence-corrected chi connectivity index (χ1v) is 7.87. The van der Waals surface area contributed by atoms with Gasteiger partial charge in [0.1, 0.15) is 0 Å². The first kappa shape index (κ1) is 13.9. The summed E-state index contributed by atoms with van der Waals surface area (Å²) >= 11 is 0. The van der Waals surface area contributed by atoms with Crippen LogP contribution in [-0.4, -0.2) is 33.8 Å². The molecule has 0 aliphatic heterocycles. The molecule has 1 aliphatic carbocycles. The van der Waals surface area contributed by atoms with E-state index >= 15 is 0 Å². The topological polar surface area (TPSA) is 58.2 Å². The smallest absolute Gasteiger partial charge is 0.211 e. The molecule has 5 heteroatoms. The number of hydrogen-bond donors (Lipinski definition) is 2. The Hall–Kier alpha value is -0.130. The van der Waals surface area contributed by atoms with Crippen molar-refractivity contribution in [1.29, 1.82) is 0 Å². The fourth-order valence-corrected chi connectivity index (χ4v) is 2.93. The Morgan fingerprint density at radius 2 is 1.94 bits per heavy atom. The van der Waals surface area contributed by atoms with E-state index in [-0.39, 0.29) is 11.2 Å². The van der Waals surface area contributed by atoms with Gasteiger partial charge in [0.05, 0.1) is 5.75 Å². The van der Waals surface area contributed by atoms with E-state index in [4.69, 9.17) is 0 Å². The third-order valence-corrected chi connectivity index (χ3v) is 4.80. The number of sulfonamides is 1. The maximum absolute atomic E-state index is 11.6. The van der Waals surface area contributed by atoms with Gasteiger partial charge < -0.3 is 5.32 Å². The van der Waals surface area contributed by atoms with Gasteiger partial charge in [-0.1, -0.05) is 13.8 Å². The zero-order chi connectivity index (χ0) is 12.1. The molecular formula is C11H24N2O2S. The Balaban J connectivity index is 2.18. The molecule has 0 bridgehead atoms. The predicted molar refractivity (Wildman–Crippen MR) is 66.9 cm³/mol. The van der Waals surface area contributed by atoms with Crippen LogP contribution in [-0.2, 0) is 10.0 Å². The highest BCUT2D eigenvalue weighted by Crippen LogP contribution is 2.47. The third kappa shape index (κ3) is 4.80. The molecule has 96 valence electrons. The maximum atomic E-state index is 11.6. The molecule has 0 spiro atoms. The lowest BCUT2D eigenvalue weighted by Gasteiger charge is -2.13. The van der Waals surface area contributed by atoms with Gasteiger partial charge in [-0.15, -0.1) is 0 Å². The second-order valence-corrected chi connectivity index (χ2v) is 6.63. The molecule has 0 aromatic heterocycles. The highest BCUT2D eigenvalue weighted by Gasteiger charge is 2.40. The summed E-state index contributed by atoms with van der Waals surface area (Å²) in [6.07, 6.45) is 4.10. The molecule has 0 unspecified atom stereocenters. The second kappa shape index (κ2) is 5.98. The number of rotatable bonds is 9. The van der Waals surface area contributed by atoms with E-state index in [1.54, 1.807) is 0 Å². The molecule has 1 fully saturated rings. The molecule has 0 saturated heterocycles. The van der Waals surface area contributed by atoms with E-state index in [0.29, 0.717) is 13.0 Å². The zero-order valence-corrected chi connectivity index (χ0v) is 11.2. The van der Waals surface area contributed by atoms with Crippen molar-refractivity contribution in [2.75, 3.05) is 25.4 Å². The molecule has 0 aromatic carbocycles. The van der Waals surface area contributed by atoms with Gasteiger partial charge in [-0.3, -0.25) is 0 Å². The molecule has 1 aliphatic rings. The molecule has 0 radical (unpaired) electrons. The van der Waals surface area contributed by atoms with Crippen LogP contribution in [0.3, 0.4) is 0 Å². The second-order valence-electron chi connectivity index (χ2n) is 4.70. The van der Waals surface area contributed by atoms with Crippen LogP contribution in [0, 0.1) is 5.41 Å². The van der Waals surface area contributed by atoms with Gasteiger partial charge in [0.15, 0.2) is 0 Å². The van der Waals surface area contributed by atoms with Gasteiger partial charge in [-0.2, -0.15) is 0 Å². The van der Waals surface area contributed by atoms with E-state index in [0.717, 1.165) is 19.5 Å². The Bertz CT molecular complexity index is 297. The molecule has 0 heterocycles. The van der Waals surface area contributed by atoms with Crippen molar-refractivity contribution in [3.63, 3.8) is 0 Å². The highest BCUT2D eigenvalue weighted by molar-refractivity contribution is 7.89. The Labute approximate surface area is 99.2 Å². The summed E-state index contributed by atoms with van der Waals surface area (Å²) in [6.45, 7) is 6.45. The van der Waals surface area contributed by atoms with Crippen LogP contribution in [0.2, 0.25) is 0 Å². The number of nitrogens with one attached hydrogen (secondary N) is 2. The predicted octanol–water partition coefficient (Wildman–Crippen LogP) is 1.10. The van der Waals surface area contributed by atoms with Crippen LogP contribution in [0.25, 0.3) is 0 Å². The lowest BCUT2D eigenvalue weighted by Crippen LogP contribution is -2.32. The minimum Gasteiger partial charge on any atom is -0.317 e. The van der Waals surface area contributed by atoms with Crippen molar-refractivity contribution in [2.45, 2.75) is 39.5 Å². The third-order valence-electron chi connectivity index (χ3n) is 3.39. The van der Waals surface area contributed by atoms with Gasteiger partial charge in [0.25, 0.3) is 0 Å². The summed E-state index contributed by atoms with van der Waals surface area (Å²) < 4.78 is 26.0. The van der Waals surface area contributed by atoms with Gasteiger partial charge >= 0.3 is 0 Å². The van der Waals surface area contributed by atoms with E-state index < -0.39 is 10.0 Å². The van der Waals surface area contributed by atoms with Crippen molar-refractivity contribution < 1.29 is 8.42 Å². The van der Waals surface area contributed by atoms with E-state index in [9.17, 15) is 8.42 Å². The van der Waals surface area contributed by atoms with Crippen LogP contribution >= 0.6 is 0 Å². The largest absolute Gasteiger partial charge is 0.317 e. The lowest BCUT2D eigenvalue weighted by atomic mass is 10.1. The molecule has 16 heavy (non-hydrogen) atoms. The molecule has 0 amide bonds. The highest BCUT2D eigenvalue weighted by atomic mass is 32.2. The summed E-state index contributed by atoms with van der Waals surface area (Å²) in [5.41, 5.74) is 0.286.